The summed E-state index contributed by atoms with van der Waals surface area (Å²) < 4.78 is 0. The zero-order valence-corrected chi connectivity index (χ0v) is 20.9. The van der Waals surface area contributed by atoms with E-state index in [0.29, 0.717) is 22.4 Å². The molecule has 172 valence electrons. The average molecular weight is 494 g/mol. The van der Waals surface area contributed by atoms with Gasteiger partial charge in [-0.1, -0.05) is 66.8 Å². The Morgan fingerprint density at radius 2 is 1.84 bits per heavy atom. The highest BCUT2D eigenvalue weighted by Gasteiger charge is 2.53. The summed E-state index contributed by atoms with van der Waals surface area (Å²) in [6.45, 7) is 5.97. The van der Waals surface area contributed by atoms with E-state index in [1.807, 2.05) is 24.3 Å². The van der Waals surface area contributed by atoms with Crippen molar-refractivity contribution in [3.8, 4) is 0 Å². The molecular formula is C26H31Cl3N2O. The number of fused-ring (bicyclic) bond motifs is 1. The number of benzene rings is 2. The van der Waals surface area contributed by atoms with E-state index in [1.54, 1.807) is 0 Å². The molecule has 1 saturated heterocycles. The molecule has 0 aromatic heterocycles. The lowest BCUT2D eigenvalue weighted by Gasteiger charge is -2.48. The third-order valence-electron chi connectivity index (χ3n) is 7.24. The molecule has 2 aromatic rings. The monoisotopic (exact) mass is 492 g/mol. The lowest BCUT2D eigenvalue weighted by molar-refractivity contribution is -0.124. The smallest absolute Gasteiger partial charge is 0.220 e. The SMILES string of the molecule is CC(C)CCC(=O)N[C@@]12CC[C@@H](c3ccc(Cl)cc3Cl)[C@H](c3ccc(Cl)cc3)[C@@H]1CNC2. The van der Waals surface area contributed by atoms with Crippen LogP contribution in [0, 0.1) is 11.8 Å². The van der Waals surface area contributed by atoms with Gasteiger partial charge in [0.1, 0.15) is 0 Å². The maximum atomic E-state index is 12.9. The van der Waals surface area contributed by atoms with Gasteiger partial charge in [0.05, 0.1) is 5.54 Å². The van der Waals surface area contributed by atoms with Gasteiger partial charge in [0, 0.05) is 40.5 Å². The van der Waals surface area contributed by atoms with Crippen molar-refractivity contribution in [1.82, 2.24) is 10.6 Å². The number of carbonyl (C=O) groups is 1. The van der Waals surface area contributed by atoms with Crippen LogP contribution in [0.5, 0.6) is 0 Å². The fraction of sp³-hybridized carbons (Fsp3) is 0.500. The van der Waals surface area contributed by atoms with Crippen LogP contribution in [-0.4, -0.2) is 24.5 Å². The van der Waals surface area contributed by atoms with Gasteiger partial charge in [-0.2, -0.15) is 0 Å². The van der Waals surface area contributed by atoms with Crippen LogP contribution in [0.25, 0.3) is 0 Å². The minimum absolute atomic E-state index is 0.158. The molecule has 1 aliphatic carbocycles. The Morgan fingerprint density at radius 1 is 1.12 bits per heavy atom. The van der Waals surface area contributed by atoms with E-state index in [9.17, 15) is 4.79 Å². The summed E-state index contributed by atoms with van der Waals surface area (Å²) in [5.74, 6) is 1.38. The fourth-order valence-electron chi connectivity index (χ4n) is 5.65. The van der Waals surface area contributed by atoms with Crippen molar-refractivity contribution in [3.05, 3.63) is 68.7 Å². The van der Waals surface area contributed by atoms with Crippen LogP contribution in [0.3, 0.4) is 0 Å². The van der Waals surface area contributed by atoms with E-state index in [4.69, 9.17) is 34.8 Å². The van der Waals surface area contributed by atoms with E-state index < -0.39 is 0 Å². The average Bonchev–Trinajstić information content (AvgIpc) is 3.16. The van der Waals surface area contributed by atoms with Crippen molar-refractivity contribution in [1.29, 1.82) is 0 Å². The van der Waals surface area contributed by atoms with E-state index in [2.05, 4.69) is 42.7 Å². The fourth-order valence-corrected chi connectivity index (χ4v) is 6.33. The van der Waals surface area contributed by atoms with Crippen LogP contribution in [-0.2, 0) is 4.79 Å². The molecular weight excluding hydrogens is 463 g/mol. The molecule has 2 aromatic carbocycles. The summed E-state index contributed by atoms with van der Waals surface area (Å²) in [6, 6.07) is 14.0. The van der Waals surface area contributed by atoms with Crippen molar-refractivity contribution >= 4 is 40.7 Å². The Hall–Kier alpha value is -1.26. The molecule has 0 spiro atoms. The normalized spacial score (nSPS) is 27.4. The van der Waals surface area contributed by atoms with Crippen LogP contribution in [0.15, 0.2) is 42.5 Å². The van der Waals surface area contributed by atoms with Crippen LogP contribution in [0.2, 0.25) is 15.1 Å². The Kier molecular flexibility index (Phi) is 7.41. The van der Waals surface area contributed by atoms with Crippen LogP contribution >= 0.6 is 34.8 Å². The van der Waals surface area contributed by atoms with Crippen LogP contribution in [0.4, 0.5) is 0 Å². The predicted octanol–water partition coefficient (Wildman–Crippen LogP) is 6.82. The molecule has 6 heteroatoms. The molecule has 4 atom stereocenters. The molecule has 0 bridgehead atoms. The second-order valence-electron chi connectivity index (χ2n) is 9.76. The maximum Gasteiger partial charge on any atom is 0.220 e. The number of carbonyl (C=O) groups excluding carboxylic acids is 1. The quantitative estimate of drug-likeness (QED) is 0.463. The summed E-state index contributed by atoms with van der Waals surface area (Å²) in [7, 11) is 0. The van der Waals surface area contributed by atoms with E-state index in [1.165, 1.54) is 5.56 Å². The molecule has 2 N–H and O–H groups in total. The summed E-state index contributed by atoms with van der Waals surface area (Å²) in [4.78, 5) is 12.9. The van der Waals surface area contributed by atoms with Crippen molar-refractivity contribution in [3.63, 3.8) is 0 Å². The molecule has 4 rings (SSSR count). The predicted molar refractivity (Wildman–Crippen MR) is 134 cm³/mol. The third kappa shape index (κ3) is 4.97. The van der Waals surface area contributed by atoms with Gasteiger partial charge in [-0.25, -0.2) is 0 Å². The van der Waals surface area contributed by atoms with Crippen molar-refractivity contribution < 1.29 is 4.79 Å². The maximum absolute atomic E-state index is 12.9. The van der Waals surface area contributed by atoms with Gasteiger partial charge in [0.25, 0.3) is 0 Å². The molecule has 0 radical (unpaired) electrons. The highest BCUT2D eigenvalue weighted by molar-refractivity contribution is 6.35. The highest BCUT2D eigenvalue weighted by Crippen LogP contribution is 2.54. The van der Waals surface area contributed by atoms with E-state index in [0.717, 1.165) is 42.9 Å². The number of halogens is 3. The van der Waals surface area contributed by atoms with E-state index >= 15 is 0 Å². The molecule has 1 amide bonds. The summed E-state index contributed by atoms with van der Waals surface area (Å²) in [5, 5.41) is 9.14. The summed E-state index contributed by atoms with van der Waals surface area (Å²) >= 11 is 19.1. The van der Waals surface area contributed by atoms with Crippen LogP contribution < -0.4 is 10.6 Å². The van der Waals surface area contributed by atoms with Crippen molar-refractivity contribution in [2.75, 3.05) is 13.1 Å². The zero-order chi connectivity index (χ0) is 22.9. The van der Waals surface area contributed by atoms with Gasteiger partial charge in [-0.05, 0) is 72.4 Å². The molecule has 1 aliphatic heterocycles. The minimum Gasteiger partial charge on any atom is -0.349 e. The second-order valence-corrected chi connectivity index (χ2v) is 11.0. The first kappa shape index (κ1) is 23.9. The topological polar surface area (TPSA) is 41.1 Å². The largest absolute Gasteiger partial charge is 0.349 e. The molecule has 0 unspecified atom stereocenters. The van der Waals surface area contributed by atoms with E-state index in [-0.39, 0.29) is 29.2 Å². The number of hydrogen-bond acceptors (Lipinski definition) is 2. The van der Waals surface area contributed by atoms with Gasteiger partial charge in [0.2, 0.25) is 5.91 Å². The minimum atomic E-state index is -0.242. The van der Waals surface area contributed by atoms with Gasteiger partial charge in [-0.15, -0.1) is 0 Å². The standard InChI is InChI=1S/C26H31Cl3N2O/c1-16(2)3-10-24(32)31-26-12-11-21(20-9-8-19(28)13-23(20)29)25(22(26)14-30-15-26)17-4-6-18(27)7-5-17/h4-9,13,16,21-22,25,30H,3,10-12,14-15H2,1-2H3,(H,31,32)/t21-,22-,25-,26+/m0/s1. The first-order chi connectivity index (χ1) is 15.3. The van der Waals surface area contributed by atoms with Crippen molar-refractivity contribution in [2.24, 2.45) is 11.8 Å². The molecule has 2 aliphatic rings. The number of hydrogen-bond donors (Lipinski definition) is 2. The number of nitrogens with one attached hydrogen (secondary N) is 2. The number of rotatable bonds is 6. The Balaban J connectivity index is 1.70. The Morgan fingerprint density at radius 3 is 2.53 bits per heavy atom. The Bertz CT molecular complexity index is 962. The third-order valence-corrected chi connectivity index (χ3v) is 8.05. The zero-order valence-electron chi connectivity index (χ0n) is 18.6. The molecule has 2 fully saturated rings. The summed E-state index contributed by atoms with van der Waals surface area (Å²) in [6.07, 6.45) is 3.34. The molecule has 32 heavy (non-hydrogen) atoms. The summed E-state index contributed by atoms with van der Waals surface area (Å²) in [5.41, 5.74) is 2.12. The lowest BCUT2D eigenvalue weighted by atomic mass is 9.60. The first-order valence-electron chi connectivity index (χ1n) is 11.5. The van der Waals surface area contributed by atoms with Crippen LogP contribution in [0.1, 0.15) is 62.5 Å². The molecule has 1 saturated carbocycles. The lowest BCUT2D eigenvalue weighted by Crippen LogP contribution is -2.58. The highest BCUT2D eigenvalue weighted by atomic mass is 35.5. The first-order valence-corrected chi connectivity index (χ1v) is 12.6. The van der Waals surface area contributed by atoms with Crippen molar-refractivity contribution in [2.45, 2.75) is 56.9 Å². The van der Waals surface area contributed by atoms with Gasteiger partial charge < -0.3 is 10.6 Å². The number of amides is 1. The Labute approximate surface area is 206 Å². The van der Waals surface area contributed by atoms with Gasteiger partial charge >= 0.3 is 0 Å². The molecule has 1 heterocycles. The van der Waals surface area contributed by atoms with Gasteiger partial charge in [-0.3, -0.25) is 4.79 Å². The molecule has 3 nitrogen and oxygen atoms in total. The second kappa shape index (κ2) is 9.93. The van der Waals surface area contributed by atoms with Gasteiger partial charge in [0.15, 0.2) is 0 Å².